The van der Waals surface area contributed by atoms with Crippen LogP contribution in [0.5, 0.6) is 0 Å². The zero-order chi connectivity index (χ0) is 19.2. The van der Waals surface area contributed by atoms with Gasteiger partial charge in [-0.2, -0.15) is 0 Å². The van der Waals surface area contributed by atoms with Gasteiger partial charge in [0.1, 0.15) is 5.76 Å². The number of anilines is 2. The summed E-state index contributed by atoms with van der Waals surface area (Å²) in [5.74, 6) is 0.315. The smallest absolute Gasteiger partial charge is 0.291 e. The zero-order valence-corrected chi connectivity index (χ0v) is 15.1. The average Bonchev–Trinajstić information content (AvgIpc) is 3.11. The molecule has 0 bridgehead atoms. The number of furan rings is 1. The summed E-state index contributed by atoms with van der Waals surface area (Å²) in [5, 5.41) is 5.55. The second-order valence-corrected chi connectivity index (χ2v) is 5.96. The summed E-state index contributed by atoms with van der Waals surface area (Å²) in [5.41, 5.74) is 1.97. The number of hydrogen-bond donors (Lipinski definition) is 2. The van der Waals surface area contributed by atoms with E-state index in [1.807, 2.05) is 30.3 Å². The Morgan fingerprint density at radius 2 is 1.52 bits per heavy atom. The van der Waals surface area contributed by atoms with Crippen LogP contribution in [0, 0.1) is 6.92 Å². The minimum absolute atomic E-state index is 0.246. The molecule has 0 aliphatic rings. The average molecular weight is 364 g/mol. The Kier molecular flexibility index (Phi) is 5.68. The quantitative estimate of drug-likeness (QED) is 0.688. The zero-order valence-electron chi connectivity index (χ0n) is 15.1. The Hall–Kier alpha value is -3.38. The van der Waals surface area contributed by atoms with Crippen molar-refractivity contribution in [1.82, 2.24) is 0 Å². The molecule has 27 heavy (non-hydrogen) atoms. The van der Waals surface area contributed by atoms with Crippen LogP contribution in [0.2, 0.25) is 0 Å². The van der Waals surface area contributed by atoms with Crippen LogP contribution in [0.4, 0.5) is 11.4 Å². The molecule has 6 nitrogen and oxygen atoms in total. The van der Waals surface area contributed by atoms with Gasteiger partial charge >= 0.3 is 0 Å². The van der Waals surface area contributed by atoms with Crippen molar-refractivity contribution >= 4 is 23.2 Å². The van der Waals surface area contributed by atoms with Crippen LogP contribution in [-0.2, 0) is 9.53 Å². The molecule has 2 N–H and O–H groups in total. The third-order valence-corrected chi connectivity index (χ3v) is 3.95. The molecule has 1 aromatic heterocycles. The van der Waals surface area contributed by atoms with E-state index in [0.29, 0.717) is 17.1 Å². The minimum atomic E-state index is -0.701. The fourth-order valence-corrected chi connectivity index (χ4v) is 2.62. The third-order valence-electron chi connectivity index (χ3n) is 3.95. The van der Waals surface area contributed by atoms with Gasteiger partial charge in [0, 0.05) is 18.5 Å². The maximum atomic E-state index is 12.5. The van der Waals surface area contributed by atoms with Gasteiger partial charge in [0.25, 0.3) is 11.8 Å². The molecule has 138 valence electrons. The number of carbonyl (C=O) groups is 2. The summed E-state index contributed by atoms with van der Waals surface area (Å²) in [6.45, 7) is 1.77. The van der Waals surface area contributed by atoms with E-state index in [-0.39, 0.29) is 17.6 Å². The molecule has 3 rings (SSSR count). The van der Waals surface area contributed by atoms with Crippen LogP contribution in [0.3, 0.4) is 0 Å². The molecule has 0 radical (unpaired) electrons. The molecule has 0 spiro atoms. The topological polar surface area (TPSA) is 80.6 Å². The van der Waals surface area contributed by atoms with E-state index >= 15 is 0 Å². The first-order valence-electron chi connectivity index (χ1n) is 8.43. The summed E-state index contributed by atoms with van der Waals surface area (Å²) in [6, 6.07) is 19.4. The first-order chi connectivity index (χ1) is 13.1. The number of amides is 2. The van der Waals surface area contributed by atoms with Gasteiger partial charge in [-0.25, -0.2) is 0 Å². The fourth-order valence-electron chi connectivity index (χ4n) is 2.62. The SMILES string of the molecule is CO[C@@H](C(=O)Nc1ccc(NC(=O)c2ccc(C)o2)cc1)c1ccccc1. The van der Waals surface area contributed by atoms with E-state index in [9.17, 15) is 9.59 Å². The molecule has 0 unspecified atom stereocenters. The van der Waals surface area contributed by atoms with E-state index in [1.54, 1.807) is 43.3 Å². The van der Waals surface area contributed by atoms with E-state index < -0.39 is 6.10 Å². The van der Waals surface area contributed by atoms with Crippen molar-refractivity contribution in [2.24, 2.45) is 0 Å². The maximum Gasteiger partial charge on any atom is 0.291 e. The van der Waals surface area contributed by atoms with Gasteiger partial charge in [0.2, 0.25) is 0 Å². The molecule has 1 heterocycles. The highest BCUT2D eigenvalue weighted by Gasteiger charge is 2.19. The second kappa shape index (κ2) is 8.33. The lowest BCUT2D eigenvalue weighted by Crippen LogP contribution is -2.22. The Morgan fingerprint density at radius 1 is 0.889 bits per heavy atom. The van der Waals surface area contributed by atoms with Crippen LogP contribution < -0.4 is 10.6 Å². The predicted molar refractivity (Wildman–Crippen MR) is 103 cm³/mol. The highest BCUT2D eigenvalue weighted by molar-refractivity contribution is 6.02. The lowest BCUT2D eigenvalue weighted by molar-refractivity contribution is -0.126. The van der Waals surface area contributed by atoms with Gasteiger partial charge in [-0.15, -0.1) is 0 Å². The number of ether oxygens (including phenoxy) is 1. The van der Waals surface area contributed by atoms with Gasteiger partial charge < -0.3 is 19.8 Å². The van der Waals surface area contributed by atoms with E-state index in [2.05, 4.69) is 10.6 Å². The molecule has 0 saturated heterocycles. The Bertz CT molecular complexity index is 917. The number of hydrogen-bond acceptors (Lipinski definition) is 4. The maximum absolute atomic E-state index is 12.5. The lowest BCUT2D eigenvalue weighted by Gasteiger charge is -2.16. The summed E-state index contributed by atoms with van der Waals surface area (Å²) < 4.78 is 10.6. The fraction of sp³-hybridized carbons (Fsp3) is 0.143. The van der Waals surface area contributed by atoms with Crippen LogP contribution in [0.15, 0.2) is 71.1 Å². The summed E-state index contributed by atoms with van der Waals surface area (Å²) in [6.07, 6.45) is -0.701. The van der Waals surface area contributed by atoms with Gasteiger partial charge in [0.15, 0.2) is 11.9 Å². The van der Waals surface area contributed by atoms with Crippen LogP contribution in [0.1, 0.15) is 28.0 Å². The lowest BCUT2D eigenvalue weighted by atomic mass is 10.1. The van der Waals surface area contributed by atoms with Crippen LogP contribution in [-0.4, -0.2) is 18.9 Å². The van der Waals surface area contributed by atoms with E-state index in [4.69, 9.17) is 9.15 Å². The normalized spacial score (nSPS) is 11.6. The number of carbonyl (C=O) groups excluding carboxylic acids is 2. The molecule has 3 aromatic rings. The predicted octanol–water partition coefficient (Wildman–Crippen LogP) is 4.17. The summed E-state index contributed by atoms with van der Waals surface area (Å²) >= 11 is 0. The molecule has 6 heteroatoms. The van der Waals surface area contributed by atoms with Crippen molar-refractivity contribution in [3.63, 3.8) is 0 Å². The molecule has 0 fully saturated rings. The second-order valence-electron chi connectivity index (χ2n) is 5.96. The number of nitrogens with one attached hydrogen (secondary N) is 2. The number of rotatable bonds is 6. The number of aryl methyl sites for hydroxylation is 1. The Morgan fingerprint density at radius 3 is 2.07 bits per heavy atom. The molecule has 2 amide bonds. The molecule has 1 atom stereocenters. The monoisotopic (exact) mass is 364 g/mol. The minimum Gasteiger partial charge on any atom is -0.456 e. The molecule has 0 aliphatic carbocycles. The molecular formula is C21H20N2O4. The van der Waals surface area contributed by atoms with Crippen LogP contribution in [0.25, 0.3) is 0 Å². The largest absolute Gasteiger partial charge is 0.456 e. The first kappa shape index (κ1) is 18.4. The molecule has 0 aliphatic heterocycles. The summed E-state index contributed by atoms with van der Waals surface area (Å²) in [7, 11) is 1.49. The van der Waals surface area contributed by atoms with Crippen molar-refractivity contribution in [1.29, 1.82) is 0 Å². The molecular weight excluding hydrogens is 344 g/mol. The van der Waals surface area contributed by atoms with Crippen molar-refractivity contribution < 1.29 is 18.7 Å². The Balaban J connectivity index is 1.63. The number of methoxy groups -OCH3 is 1. The van der Waals surface area contributed by atoms with Crippen molar-refractivity contribution in [3.8, 4) is 0 Å². The number of benzene rings is 2. The highest BCUT2D eigenvalue weighted by atomic mass is 16.5. The van der Waals surface area contributed by atoms with Crippen LogP contribution >= 0.6 is 0 Å². The van der Waals surface area contributed by atoms with Crippen molar-refractivity contribution in [2.75, 3.05) is 17.7 Å². The molecule has 0 saturated carbocycles. The molecule has 2 aromatic carbocycles. The van der Waals surface area contributed by atoms with Gasteiger partial charge in [-0.05, 0) is 48.9 Å². The highest BCUT2D eigenvalue weighted by Crippen LogP contribution is 2.20. The standard InChI is InChI=1S/C21H20N2O4/c1-14-8-13-18(27-14)20(24)22-16-9-11-17(12-10-16)23-21(25)19(26-2)15-6-4-3-5-7-15/h3-13,19H,1-2H3,(H,22,24)(H,23,25)/t19-/m1/s1. The Labute approximate surface area is 157 Å². The van der Waals surface area contributed by atoms with Crippen molar-refractivity contribution in [3.05, 3.63) is 83.8 Å². The third kappa shape index (κ3) is 4.62. The van der Waals surface area contributed by atoms with E-state index in [1.165, 1.54) is 7.11 Å². The first-order valence-corrected chi connectivity index (χ1v) is 8.43. The van der Waals surface area contributed by atoms with Gasteiger partial charge in [-0.1, -0.05) is 30.3 Å². The van der Waals surface area contributed by atoms with Gasteiger partial charge in [0.05, 0.1) is 0 Å². The van der Waals surface area contributed by atoms with E-state index in [0.717, 1.165) is 5.56 Å². The van der Waals surface area contributed by atoms with Gasteiger partial charge in [-0.3, -0.25) is 9.59 Å². The summed E-state index contributed by atoms with van der Waals surface area (Å²) in [4.78, 5) is 24.6. The van der Waals surface area contributed by atoms with Crippen molar-refractivity contribution in [2.45, 2.75) is 13.0 Å².